The largest absolute Gasteiger partial charge is 0.465 e. The van der Waals surface area contributed by atoms with Crippen LogP contribution in [0, 0.1) is 0 Å². The van der Waals surface area contributed by atoms with Gasteiger partial charge in [0.1, 0.15) is 0 Å². The van der Waals surface area contributed by atoms with Crippen molar-refractivity contribution in [1.82, 2.24) is 4.98 Å². The van der Waals surface area contributed by atoms with Crippen molar-refractivity contribution >= 4 is 11.7 Å². The van der Waals surface area contributed by atoms with Gasteiger partial charge in [-0.05, 0) is 30.7 Å². The lowest BCUT2D eigenvalue weighted by Gasteiger charge is -2.17. The molecule has 1 unspecified atom stereocenters. The fraction of sp³-hybridized carbons (Fsp3) is 0.200. The molecule has 1 aromatic carbocycles. The van der Waals surface area contributed by atoms with Crippen LogP contribution in [0.3, 0.4) is 0 Å². The molecule has 0 aliphatic rings. The molecule has 0 spiro atoms. The van der Waals surface area contributed by atoms with Gasteiger partial charge in [-0.25, -0.2) is 4.79 Å². The molecule has 1 atom stereocenters. The third kappa shape index (κ3) is 3.10. The van der Waals surface area contributed by atoms with E-state index in [2.05, 4.69) is 10.3 Å². The standard InChI is InChI=1S/C15H16N2O2/c1-11(12-6-5-9-16-10-12)17-14-8-4-3-7-13(14)15(18)19-2/h3-11,17H,1-2H3. The van der Waals surface area contributed by atoms with Gasteiger partial charge >= 0.3 is 5.97 Å². The summed E-state index contributed by atoms with van der Waals surface area (Å²) in [5, 5.41) is 3.30. The topological polar surface area (TPSA) is 51.2 Å². The minimum Gasteiger partial charge on any atom is -0.465 e. The van der Waals surface area contributed by atoms with Crippen LogP contribution in [0.2, 0.25) is 0 Å². The van der Waals surface area contributed by atoms with Crippen LogP contribution >= 0.6 is 0 Å². The summed E-state index contributed by atoms with van der Waals surface area (Å²) in [6.45, 7) is 2.02. The first kappa shape index (κ1) is 13.1. The van der Waals surface area contributed by atoms with Crippen LogP contribution in [0.15, 0.2) is 48.8 Å². The molecule has 2 rings (SSSR count). The quantitative estimate of drug-likeness (QED) is 0.854. The van der Waals surface area contributed by atoms with Crippen molar-refractivity contribution < 1.29 is 9.53 Å². The molecule has 4 heteroatoms. The minimum atomic E-state index is -0.346. The number of para-hydroxylation sites is 1. The number of nitrogens with zero attached hydrogens (tertiary/aromatic N) is 1. The molecular formula is C15H16N2O2. The Bertz CT molecular complexity index is 555. The Labute approximate surface area is 112 Å². The van der Waals surface area contributed by atoms with Crippen LogP contribution in [-0.4, -0.2) is 18.1 Å². The maximum Gasteiger partial charge on any atom is 0.339 e. The summed E-state index contributed by atoms with van der Waals surface area (Å²) >= 11 is 0. The van der Waals surface area contributed by atoms with Crippen LogP contribution in [-0.2, 0) is 4.74 Å². The lowest BCUT2D eigenvalue weighted by Crippen LogP contribution is -2.11. The average Bonchev–Trinajstić information content (AvgIpc) is 2.48. The zero-order valence-corrected chi connectivity index (χ0v) is 11.0. The number of aromatic nitrogens is 1. The van der Waals surface area contributed by atoms with Gasteiger partial charge in [-0.15, -0.1) is 0 Å². The first-order valence-corrected chi connectivity index (χ1v) is 6.06. The van der Waals surface area contributed by atoms with E-state index in [1.54, 1.807) is 18.5 Å². The number of pyridine rings is 1. The van der Waals surface area contributed by atoms with Crippen molar-refractivity contribution in [1.29, 1.82) is 0 Å². The number of nitrogens with one attached hydrogen (secondary N) is 1. The van der Waals surface area contributed by atoms with Gasteiger partial charge in [0.05, 0.1) is 18.7 Å². The van der Waals surface area contributed by atoms with Gasteiger partial charge in [0.2, 0.25) is 0 Å². The lowest BCUT2D eigenvalue weighted by atomic mass is 10.1. The van der Waals surface area contributed by atoms with Crippen molar-refractivity contribution in [2.45, 2.75) is 13.0 Å². The molecule has 0 amide bonds. The first-order chi connectivity index (χ1) is 9.22. The molecule has 0 saturated heterocycles. The highest BCUT2D eigenvalue weighted by Crippen LogP contribution is 2.22. The third-order valence-electron chi connectivity index (χ3n) is 2.89. The molecule has 1 N–H and O–H groups in total. The van der Waals surface area contributed by atoms with E-state index in [4.69, 9.17) is 4.74 Å². The summed E-state index contributed by atoms with van der Waals surface area (Å²) in [7, 11) is 1.38. The first-order valence-electron chi connectivity index (χ1n) is 6.06. The second-order valence-corrected chi connectivity index (χ2v) is 4.19. The monoisotopic (exact) mass is 256 g/mol. The van der Waals surface area contributed by atoms with E-state index in [0.29, 0.717) is 5.56 Å². The van der Waals surface area contributed by atoms with Gasteiger partial charge in [0.15, 0.2) is 0 Å². The molecule has 4 nitrogen and oxygen atoms in total. The molecule has 0 aliphatic carbocycles. The highest BCUT2D eigenvalue weighted by molar-refractivity contribution is 5.95. The lowest BCUT2D eigenvalue weighted by molar-refractivity contribution is 0.0602. The van der Waals surface area contributed by atoms with Gasteiger partial charge in [0.25, 0.3) is 0 Å². The number of esters is 1. The van der Waals surface area contributed by atoms with E-state index in [9.17, 15) is 4.79 Å². The van der Waals surface area contributed by atoms with E-state index in [0.717, 1.165) is 11.3 Å². The van der Waals surface area contributed by atoms with E-state index in [-0.39, 0.29) is 12.0 Å². The number of ether oxygens (including phenoxy) is 1. The molecule has 0 aliphatic heterocycles. The average molecular weight is 256 g/mol. The molecule has 2 aromatic rings. The van der Waals surface area contributed by atoms with Gasteiger partial charge in [-0.3, -0.25) is 4.98 Å². The maximum absolute atomic E-state index is 11.7. The molecule has 0 radical (unpaired) electrons. The number of benzene rings is 1. The van der Waals surface area contributed by atoms with Crippen molar-refractivity contribution in [3.8, 4) is 0 Å². The Morgan fingerprint density at radius 1 is 1.26 bits per heavy atom. The minimum absolute atomic E-state index is 0.0551. The van der Waals surface area contributed by atoms with Crippen LogP contribution in [0.4, 0.5) is 5.69 Å². The summed E-state index contributed by atoms with van der Waals surface area (Å²) in [5.74, 6) is -0.346. The van der Waals surface area contributed by atoms with Crippen molar-refractivity contribution in [2.75, 3.05) is 12.4 Å². The summed E-state index contributed by atoms with van der Waals surface area (Å²) in [6, 6.07) is 11.2. The Morgan fingerprint density at radius 3 is 2.74 bits per heavy atom. The smallest absolute Gasteiger partial charge is 0.339 e. The zero-order chi connectivity index (χ0) is 13.7. The Morgan fingerprint density at radius 2 is 2.05 bits per heavy atom. The number of carbonyl (C=O) groups is 1. The zero-order valence-electron chi connectivity index (χ0n) is 11.0. The Hall–Kier alpha value is -2.36. The molecule has 1 aromatic heterocycles. The number of carbonyl (C=O) groups excluding carboxylic acids is 1. The molecule has 19 heavy (non-hydrogen) atoms. The van der Waals surface area contributed by atoms with Gasteiger partial charge in [0, 0.05) is 18.1 Å². The number of methoxy groups -OCH3 is 1. The van der Waals surface area contributed by atoms with Crippen LogP contribution in [0.5, 0.6) is 0 Å². The predicted molar refractivity (Wildman–Crippen MR) is 74.1 cm³/mol. The van der Waals surface area contributed by atoms with E-state index in [1.165, 1.54) is 7.11 Å². The van der Waals surface area contributed by atoms with Crippen molar-refractivity contribution in [2.24, 2.45) is 0 Å². The van der Waals surface area contributed by atoms with E-state index < -0.39 is 0 Å². The molecular weight excluding hydrogens is 240 g/mol. The van der Waals surface area contributed by atoms with Crippen molar-refractivity contribution in [3.05, 3.63) is 59.9 Å². The van der Waals surface area contributed by atoms with Gasteiger partial charge < -0.3 is 10.1 Å². The van der Waals surface area contributed by atoms with Crippen LogP contribution < -0.4 is 5.32 Å². The molecule has 98 valence electrons. The van der Waals surface area contributed by atoms with E-state index in [1.807, 2.05) is 37.3 Å². The Kier molecular flexibility index (Phi) is 4.13. The molecule has 0 saturated carbocycles. The van der Waals surface area contributed by atoms with Gasteiger partial charge in [-0.2, -0.15) is 0 Å². The molecule has 0 bridgehead atoms. The second kappa shape index (κ2) is 6.00. The van der Waals surface area contributed by atoms with E-state index >= 15 is 0 Å². The summed E-state index contributed by atoms with van der Waals surface area (Å²) in [6.07, 6.45) is 3.54. The highest BCUT2D eigenvalue weighted by atomic mass is 16.5. The molecule has 1 heterocycles. The van der Waals surface area contributed by atoms with Crippen molar-refractivity contribution in [3.63, 3.8) is 0 Å². The Balaban J connectivity index is 2.22. The maximum atomic E-state index is 11.7. The highest BCUT2D eigenvalue weighted by Gasteiger charge is 2.13. The second-order valence-electron chi connectivity index (χ2n) is 4.19. The third-order valence-corrected chi connectivity index (χ3v) is 2.89. The van der Waals surface area contributed by atoms with Gasteiger partial charge in [-0.1, -0.05) is 18.2 Å². The summed E-state index contributed by atoms with van der Waals surface area (Å²) < 4.78 is 4.77. The fourth-order valence-electron chi connectivity index (χ4n) is 1.85. The summed E-state index contributed by atoms with van der Waals surface area (Å²) in [4.78, 5) is 15.8. The van der Waals surface area contributed by atoms with Crippen LogP contribution in [0.1, 0.15) is 28.9 Å². The normalized spacial score (nSPS) is 11.7. The number of rotatable bonds is 4. The number of hydrogen-bond donors (Lipinski definition) is 1. The SMILES string of the molecule is COC(=O)c1ccccc1NC(C)c1cccnc1. The number of hydrogen-bond acceptors (Lipinski definition) is 4. The summed E-state index contributed by atoms with van der Waals surface area (Å²) in [5.41, 5.74) is 2.34. The van der Waals surface area contributed by atoms with Crippen LogP contribution in [0.25, 0.3) is 0 Å². The fourth-order valence-corrected chi connectivity index (χ4v) is 1.85. The predicted octanol–water partition coefficient (Wildman–Crippen LogP) is 3.04. The molecule has 0 fully saturated rings. The number of anilines is 1.